The van der Waals surface area contributed by atoms with Gasteiger partial charge in [-0.15, -0.1) is 0 Å². The van der Waals surface area contributed by atoms with Gasteiger partial charge >= 0.3 is 0 Å². The zero-order chi connectivity index (χ0) is 16.3. The van der Waals surface area contributed by atoms with Crippen molar-refractivity contribution in [3.05, 3.63) is 59.6 Å². The molecule has 22 heavy (non-hydrogen) atoms. The number of nitrogens with two attached hydrogens (primary N) is 1. The molecule has 0 fully saturated rings. The van der Waals surface area contributed by atoms with Gasteiger partial charge in [-0.1, -0.05) is 49.8 Å². The zero-order valence-corrected chi connectivity index (χ0v) is 14.1. The van der Waals surface area contributed by atoms with E-state index in [4.69, 9.17) is 10.5 Å². The first-order chi connectivity index (χ1) is 10.4. The second-order valence-corrected chi connectivity index (χ2v) is 6.24. The minimum Gasteiger partial charge on any atom is -0.462 e. The van der Waals surface area contributed by atoms with Crippen LogP contribution in [0.15, 0.2) is 59.6 Å². The van der Waals surface area contributed by atoms with E-state index in [2.05, 4.69) is 57.8 Å². The third kappa shape index (κ3) is 3.79. The van der Waals surface area contributed by atoms with Crippen LogP contribution in [-0.4, -0.2) is 18.6 Å². The van der Waals surface area contributed by atoms with Crippen LogP contribution in [0.1, 0.15) is 27.7 Å². The first-order valence-electron chi connectivity index (χ1n) is 8.05. The summed E-state index contributed by atoms with van der Waals surface area (Å²) in [6.45, 7) is 13.6. The van der Waals surface area contributed by atoms with Crippen molar-refractivity contribution < 1.29 is 4.74 Å². The minimum atomic E-state index is 0.0672. The highest BCUT2D eigenvalue weighted by Gasteiger charge is 2.26. The Hall–Kier alpha value is -1.58. The van der Waals surface area contributed by atoms with Gasteiger partial charge in [0.05, 0.1) is 5.92 Å². The third-order valence-corrected chi connectivity index (χ3v) is 4.45. The Morgan fingerprint density at radius 2 is 1.95 bits per heavy atom. The molecule has 120 valence electrons. The first-order valence-corrected chi connectivity index (χ1v) is 8.05. The predicted molar refractivity (Wildman–Crippen MR) is 93.1 cm³/mol. The van der Waals surface area contributed by atoms with Crippen LogP contribution in [0.2, 0.25) is 0 Å². The number of rotatable bonds is 5. The van der Waals surface area contributed by atoms with Gasteiger partial charge in [-0.2, -0.15) is 0 Å². The van der Waals surface area contributed by atoms with Gasteiger partial charge in [0, 0.05) is 12.1 Å². The van der Waals surface area contributed by atoms with E-state index < -0.39 is 0 Å². The highest BCUT2D eigenvalue weighted by atomic mass is 16.5. The van der Waals surface area contributed by atoms with Crippen molar-refractivity contribution in [1.82, 2.24) is 5.32 Å². The molecule has 3 N–H and O–H groups in total. The lowest BCUT2D eigenvalue weighted by atomic mass is 9.86. The Labute approximate surface area is 134 Å². The largest absolute Gasteiger partial charge is 0.462 e. The molecule has 0 heterocycles. The lowest BCUT2D eigenvalue weighted by molar-refractivity contribution is 0.263. The molecule has 0 amide bonds. The van der Waals surface area contributed by atoms with E-state index in [-0.39, 0.29) is 23.9 Å². The van der Waals surface area contributed by atoms with Crippen LogP contribution in [0.25, 0.3) is 0 Å². The molecule has 3 heteroatoms. The van der Waals surface area contributed by atoms with E-state index in [1.165, 1.54) is 11.1 Å². The molecule has 2 aliphatic rings. The lowest BCUT2D eigenvalue weighted by Crippen LogP contribution is -2.37. The van der Waals surface area contributed by atoms with Gasteiger partial charge in [-0.25, -0.2) is 0 Å². The van der Waals surface area contributed by atoms with E-state index in [9.17, 15) is 0 Å². The molecule has 0 bridgehead atoms. The van der Waals surface area contributed by atoms with E-state index in [0.717, 1.165) is 18.1 Å². The number of hydrogen-bond acceptors (Lipinski definition) is 3. The molecule has 4 atom stereocenters. The molecular weight excluding hydrogens is 272 g/mol. The lowest BCUT2D eigenvalue weighted by Gasteiger charge is -2.30. The van der Waals surface area contributed by atoms with Crippen LogP contribution in [0.4, 0.5) is 0 Å². The number of nitrogens with one attached hydrogen (secondary N) is 1. The first kappa shape index (κ1) is 16.8. The summed E-state index contributed by atoms with van der Waals surface area (Å²) in [6.07, 6.45) is 10.5. The molecule has 2 rings (SSSR count). The average molecular weight is 300 g/mol. The molecule has 0 radical (unpaired) electrons. The van der Waals surface area contributed by atoms with Gasteiger partial charge < -0.3 is 15.8 Å². The zero-order valence-electron chi connectivity index (χ0n) is 14.1. The van der Waals surface area contributed by atoms with E-state index in [1.54, 1.807) is 0 Å². The fraction of sp³-hybridized carbons (Fsp3) is 0.474. The Morgan fingerprint density at radius 1 is 1.27 bits per heavy atom. The maximum atomic E-state index is 6.02. The van der Waals surface area contributed by atoms with Crippen molar-refractivity contribution in [2.75, 3.05) is 6.54 Å². The van der Waals surface area contributed by atoms with Crippen molar-refractivity contribution in [3.8, 4) is 0 Å². The van der Waals surface area contributed by atoms with Crippen LogP contribution in [-0.2, 0) is 4.74 Å². The Balaban J connectivity index is 2.11. The van der Waals surface area contributed by atoms with E-state index >= 15 is 0 Å². The Morgan fingerprint density at radius 3 is 2.59 bits per heavy atom. The van der Waals surface area contributed by atoms with Crippen LogP contribution in [0.3, 0.4) is 0 Å². The van der Waals surface area contributed by atoms with E-state index in [0.29, 0.717) is 0 Å². The summed E-state index contributed by atoms with van der Waals surface area (Å²) in [4.78, 5) is 0. The second-order valence-electron chi connectivity index (χ2n) is 6.24. The third-order valence-electron chi connectivity index (χ3n) is 4.45. The Kier molecular flexibility index (Phi) is 5.43. The monoisotopic (exact) mass is 300 g/mol. The Bertz CT molecular complexity index is 554. The maximum absolute atomic E-state index is 6.02. The molecule has 0 aliphatic heterocycles. The van der Waals surface area contributed by atoms with Crippen molar-refractivity contribution in [2.45, 2.75) is 39.8 Å². The molecule has 0 aromatic heterocycles. The van der Waals surface area contributed by atoms with Gasteiger partial charge in [0.25, 0.3) is 0 Å². The summed E-state index contributed by atoms with van der Waals surface area (Å²) >= 11 is 0. The van der Waals surface area contributed by atoms with Crippen molar-refractivity contribution in [2.24, 2.45) is 17.6 Å². The number of likely N-dealkylation sites (N-methyl/N-ethyl adjacent to an activating group) is 1. The van der Waals surface area contributed by atoms with E-state index in [1.807, 2.05) is 12.2 Å². The van der Waals surface area contributed by atoms with Gasteiger partial charge in [-0.3, -0.25) is 0 Å². The summed E-state index contributed by atoms with van der Waals surface area (Å²) < 4.78 is 6.02. The minimum absolute atomic E-state index is 0.0672. The SMILES string of the molecule is C=C(OC1=C[C@H](C)C(N)C=C1)C1C=C(C)C(C)=C[C@@H]1NCC. The van der Waals surface area contributed by atoms with Crippen LogP contribution < -0.4 is 11.1 Å². The van der Waals surface area contributed by atoms with Gasteiger partial charge in [0.15, 0.2) is 0 Å². The maximum Gasteiger partial charge on any atom is 0.123 e. The standard InChI is InChI=1S/C19H28N2O/c1-6-21-19-11-13(3)12(2)10-17(19)15(5)22-16-7-8-18(20)14(4)9-16/h7-11,14,17-19,21H,5-6,20H2,1-4H3/t14-,17?,18?,19-/m0/s1. The molecular formula is C19H28N2O. The summed E-state index contributed by atoms with van der Waals surface area (Å²) in [7, 11) is 0. The number of ether oxygens (including phenoxy) is 1. The number of allylic oxidation sites excluding steroid dienone is 3. The topological polar surface area (TPSA) is 47.3 Å². The summed E-state index contributed by atoms with van der Waals surface area (Å²) in [6, 6.07) is 0.298. The highest BCUT2D eigenvalue weighted by molar-refractivity contribution is 5.37. The fourth-order valence-electron chi connectivity index (χ4n) is 2.82. The van der Waals surface area contributed by atoms with Crippen LogP contribution in [0, 0.1) is 11.8 Å². The van der Waals surface area contributed by atoms with Crippen molar-refractivity contribution >= 4 is 0 Å². The van der Waals surface area contributed by atoms with Crippen molar-refractivity contribution in [1.29, 1.82) is 0 Å². The van der Waals surface area contributed by atoms with Crippen molar-refractivity contribution in [3.63, 3.8) is 0 Å². The summed E-state index contributed by atoms with van der Waals surface area (Å²) in [5.74, 6) is 2.03. The van der Waals surface area contributed by atoms with Crippen LogP contribution >= 0.6 is 0 Å². The normalized spacial score (nSPS) is 31.2. The molecule has 2 unspecified atom stereocenters. The molecule has 3 nitrogen and oxygen atoms in total. The molecule has 0 saturated heterocycles. The highest BCUT2D eigenvalue weighted by Crippen LogP contribution is 2.30. The summed E-state index contributed by atoms with van der Waals surface area (Å²) in [5, 5.41) is 3.50. The quantitative estimate of drug-likeness (QED) is 0.765. The predicted octanol–water partition coefficient (Wildman–Crippen LogP) is 3.43. The molecule has 0 aromatic carbocycles. The number of hydrogen-bond donors (Lipinski definition) is 2. The second kappa shape index (κ2) is 7.12. The summed E-state index contributed by atoms with van der Waals surface area (Å²) in [5.41, 5.74) is 8.57. The van der Waals surface area contributed by atoms with Crippen LogP contribution in [0.5, 0.6) is 0 Å². The average Bonchev–Trinajstić information content (AvgIpc) is 2.46. The molecule has 0 aromatic rings. The van der Waals surface area contributed by atoms with Gasteiger partial charge in [-0.05, 0) is 38.5 Å². The fourth-order valence-corrected chi connectivity index (χ4v) is 2.82. The van der Waals surface area contributed by atoms with Gasteiger partial charge in [0.1, 0.15) is 11.5 Å². The molecule has 0 spiro atoms. The smallest absolute Gasteiger partial charge is 0.123 e. The molecule has 0 saturated carbocycles. The molecule has 2 aliphatic carbocycles. The van der Waals surface area contributed by atoms with Gasteiger partial charge in [0.2, 0.25) is 0 Å².